The minimum absolute atomic E-state index is 0.175. The molecular formula is C10H16F3NO2. The molecule has 0 amide bonds. The highest BCUT2D eigenvalue weighted by Gasteiger charge is 2.28. The second-order valence-electron chi connectivity index (χ2n) is 3.93. The molecule has 0 spiro atoms. The van der Waals surface area contributed by atoms with Crippen LogP contribution in [0.3, 0.4) is 0 Å². The van der Waals surface area contributed by atoms with Gasteiger partial charge in [-0.15, -0.1) is 0 Å². The average molecular weight is 239 g/mol. The molecule has 94 valence electrons. The van der Waals surface area contributed by atoms with Gasteiger partial charge in [0.15, 0.2) is 0 Å². The standard InChI is InChI=1S/C10H16F3NO2/c1-6(2)8(9(15)16-7(3)4)14-5-10(11,12)13/h6-7H,5H2,1-4H3/b14-8-. The van der Waals surface area contributed by atoms with Gasteiger partial charge in [0.1, 0.15) is 12.3 Å². The largest absolute Gasteiger partial charge is 0.458 e. The van der Waals surface area contributed by atoms with Crippen LogP contribution >= 0.6 is 0 Å². The molecule has 0 saturated carbocycles. The fraction of sp³-hybridized carbons (Fsp3) is 0.800. The number of ether oxygens (including phenoxy) is 1. The molecule has 0 atom stereocenters. The van der Waals surface area contributed by atoms with E-state index >= 15 is 0 Å². The van der Waals surface area contributed by atoms with Gasteiger partial charge in [-0.25, -0.2) is 4.79 Å². The normalized spacial score (nSPS) is 13.4. The molecule has 0 aromatic carbocycles. The van der Waals surface area contributed by atoms with Crippen LogP contribution in [0.5, 0.6) is 0 Å². The van der Waals surface area contributed by atoms with E-state index in [1.54, 1.807) is 27.7 Å². The van der Waals surface area contributed by atoms with Gasteiger partial charge in [-0.05, 0) is 13.8 Å². The lowest BCUT2D eigenvalue weighted by Crippen LogP contribution is -2.27. The maximum Gasteiger partial charge on any atom is 0.407 e. The number of esters is 1. The summed E-state index contributed by atoms with van der Waals surface area (Å²) in [7, 11) is 0. The van der Waals surface area contributed by atoms with Crippen molar-refractivity contribution in [3.8, 4) is 0 Å². The molecule has 0 aromatic rings. The number of aliphatic imine (C=N–C) groups is 1. The van der Waals surface area contributed by atoms with Gasteiger partial charge in [-0.2, -0.15) is 13.2 Å². The molecular weight excluding hydrogens is 223 g/mol. The highest BCUT2D eigenvalue weighted by molar-refractivity contribution is 6.37. The van der Waals surface area contributed by atoms with Crippen molar-refractivity contribution in [2.24, 2.45) is 10.9 Å². The molecule has 0 heterocycles. The summed E-state index contributed by atoms with van der Waals surface area (Å²) in [6.07, 6.45) is -4.78. The maximum absolute atomic E-state index is 11.9. The third-order valence-corrected chi connectivity index (χ3v) is 1.53. The number of carbonyl (C=O) groups excluding carboxylic acids is 1. The molecule has 0 aromatic heterocycles. The van der Waals surface area contributed by atoms with Gasteiger partial charge in [0.25, 0.3) is 0 Å². The number of hydrogen-bond donors (Lipinski definition) is 0. The molecule has 0 aliphatic heterocycles. The fourth-order valence-corrected chi connectivity index (χ4v) is 0.932. The molecule has 0 fully saturated rings. The molecule has 0 unspecified atom stereocenters. The van der Waals surface area contributed by atoms with E-state index in [0.717, 1.165) is 0 Å². The van der Waals surface area contributed by atoms with E-state index in [4.69, 9.17) is 4.74 Å². The maximum atomic E-state index is 11.9. The molecule has 6 heteroatoms. The summed E-state index contributed by atoms with van der Waals surface area (Å²) in [5, 5.41) is 0. The first-order chi connectivity index (χ1) is 7.13. The van der Waals surface area contributed by atoms with Gasteiger partial charge in [0.2, 0.25) is 0 Å². The summed E-state index contributed by atoms with van der Waals surface area (Å²) in [6, 6.07) is 0. The monoisotopic (exact) mass is 239 g/mol. The van der Waals surface area contributed by atoms with Crippen LogP contribution in [-0.2, 0) is 9.53 Å². The average Bonchev–Trinajstić information content (AvgIpc) is 1.99. The van der Waals surface area contributed by atoms with Crippen LogP contribution in [0.4, 0.5) is 13.2 Å². The van der Waals surface area contributed by atoms with Crippen molar-refractivity contribution in [2.75, 3.05) is 6.54 Å². The van der Waals surface area contributed by atoms with Crippen molar-refractivity contribution in [3.05, 3.63) is 0 Å². The van der Waals surface area contributed by atoms with Gasteiger partial charge in [0.05, 0.1) is 6.10 Å². The third-order valence-electron chi connectivity index (χ3n) is 1.53. The number of hydrogen-bond acceptors (Lipinski definition) is 3. The lowest BCUT2D eigenvalue weighted by atomic mass is 10.1. The number of rotatable bonds is 4. The van der Waals surface area contributed by atoms with Gasteiger partial charge in [-0.3, -0.25) is 4.99 Å². The van der Waals surface area contributed by atoms with Crippen molar-refractivity contribution in [1.29, 1.82) is 0 Å². The molecule has 0 aliphatic carbocycles. The Morgan fingerprint density at radius 1 is 1.25 bits per heavy atom. The SMILES string of the molecule is CC(C)OC(=O)/C(=N\CC(F)(F)F)C(C)C. The molecule has 0 rings (SSSR count). The zero-order chi connectivity index (χ0) is 12.9. The number of halogens is 3. The van der Waals surface area contributed by atoms with E-state index < -0.39 is 24.6 Å². The molecule has 0 aliphatic rings. The van der Waals surface area contributed by atoms with Crippen molar-refractivity contribution in [2.45, 2.75) is 40.0 Å². The van der Waals surface area contributed by atoms with E-state index in [0.29, 0.717) is 0 Å². The van der Waals surface area contributed by atoms with Crippen LogP contribution in [0.15, 0.2) is 4.99 Å². The smallest absolute Gasteiger partial charge is 0.407 e. The Morgan fingerprint density at radius 3 is 2.06 bits per heavy atom. The van der Waals surface area contributed by atoms with Crippen molar-refractivity contribution >= 4 is 11.7 Å². The molecule has 0 N–H and O–H groups in total. The van der Waals surface area contributed by atoms with Crippen molar-refractivity contribution < 1.29 is 22.7 Å². The highest BCUT2D eigenvalue weighted by Crippen LogP contribution is 2.15. The summed E-state index contributed by atoms with van der Waals surface area (Å²) in [4.78, 5) is 14.7. The van der Waals surface area contributed by atoms with Crippen molar-refractivity contribution in [3.63, 3.8) is 0 Å². The number of nitrogens with zero attached hydrogens (tertiary/aromatic N) is 1. The summed E-state index contributed by atoms with van der Waals surface area (Å²) in [6.45, 7) is 5.08. The predicted octanol–water partition coefficient (Wildman–Crippen LogP) is 2.60. The first-order valence-electron chi connectivity index (χ1n) is 4.95. The van der Waals surface area contributed by atoms with E-state index in [-0.39, 0.29) is 11.8 Å². The van der Waals surface area contributed by atoms with Crippen LogP contribution in [0.1, 0.15) is 27.7 Å². The van der Waals surface area contributed by atoms with Crippen molar-refractivity contribution in [1.82, 2.24) is 0 Å². The zero-order valence-corrected chi connectivity index (χ0v) is 9.76. The molecule has 0 saturated heterocycles. The van der Waals surface area contributed by atoms with Crippen LogP contribution in [0.25, 0.3) is 0 Å². The number of alkyl halides is 3. The van der Waals surface area contributed by atoms with E-state index in [2.05, 4.69) is 4.99 Å². The lowest BCUT2D eigenvalue weighted by Gasteiger charge is -2.13. The van der Waals surface area contributed by atoms with Crippen LogP contribution < -0.4 is 0 Å². The van der Waals surface area contributed by atoms with E-state index in [1.807, 2.05) is 0 Å². The first-order valence-corrected chi connectivity index (χ1v) is 4.95. The molecule has 0 radical (unpaired) electrons. The van der Waals surface area contributed by atoms with Gasteiger partial charge in [-0.1, -0.05) is 13.8 Å². The highest BCUT2D eigenvalue weighted by atomic mass is 19.4. The van der Waals surface area contributed by atoms with Gasteiger partial charge >= 0.3 is 12.1 Å². The Kier molecular flexibility index (Phi) is 5.47. The first kappa shape index (κ1) is 14.9. The quantitative estimate of drug-likeness (QED) is 0.558. The minimum atomic E-state index is -4.40. The Morgan fingerprint density at radius 2 is 1.75 bits per heavy atom. The zero-order valence-electron chi connectivity index (χ0n) is 9.76. The minimum Gasteiger partial charge on any atom is -0.458 e. The number of carbonyl (C=O) groups is 1. The van der Waals surface area contributed by atoms with E-state index in [9.17, 15) is 18.0 Å². The Labute approximate surface area is 92.7 Å². The van der Waals surface area contributed by atoms with Crippen LogP contribution in [0, 0.1) is 5.92 Å². The Hall–Kier alpha value is -1.07. The van der Waals surface area contributed by atoms with Crippen LogP contribution in [0.2, 0.25) is 0 Å². The fourth-order valence-electron chi connectivity index (χ4n) is 0.932. The second-order valence-corrected chi connectivity index (χ2v) is 3.93. The third kappa shape index (κ3) is 6.42. The lowest BCUT2D eigenvalue weighted by molar-refractivity contribution is -0.139. The molecule has 16 heavy (non-hydrogen) atoms. The molecule has 0 bridgehead atoms. The van der Waals surface area contributed by atoms with Crippen LogP contribution in [-0.4, -0.2) is 30.5 Å². The second kappa shape index (κ2) is 5.86. The summed E-state index contributed by atoms with van der Waals surface area (Å²) in [5.41, 5.74) is -0.175. The summed E-state index contributed by atoms with van der Waals surface area (Å²) < 4.78 is 40.6. The van der Waals surface area contributed by atoms with E-state index in [1.165, 1.54) is 0 Å². The Balaban J connectivity index is 4.68. The molecule has 3 nitrogen and oxygen atoms in total. The van der Waals surface area contributed by atoms with Gasteiger partial charge in [0, 0.05) is 5.92 Å². The topological polar surface area (TPSA) is 38.7 Å². The van der Waals surface area contributed by atoms with Gasteiger partial charge < -0.3 is 4.74 Å². The Bertz CT molecular complexity index is 270. The summed E-state index contributed by atoms with van der Waals surface area (Å²) >= 11 is 0. The predicted molar refractivity (Wildman–Crippen MR) is 54.4 cm³/mol. The summed E-state index contributed by atoms with van der Waals surface area (Å²) in [5.74, 6) is -1.18.